The highest BCUT2D eigenvalue weighted by molar-refractivity contribution is 5.31. The van der Waals surface area contributed by atoms with E-state index in [-0.39, 0.29) is 5.41 Å². The molecule has 0 atom stereocenters. The molecule has 1 heterocycles. The number of hydrogen-bond donors (Lipinski definition) is 1. The van der Waals surface area contributed by atoms with Gasteiger partial charge >= 0.3 is 0 Å². The summed E-state index contributed by atoms with van der Waals surface area (Å²) in [6.07, 6.45) is 1.11. The lowest BCUT2D eigenvalue weighted by Crippen LogP contribution is -3.14. The maximum absolute atomic E-state index is 5.82. The molecule has 112 valence electrons. The van der Waals surface area contributed by atoms with Crippen LogP contribution in [-0.2, 0) is 10.2 Å². The monoisotopic (exact) mass is 278 g/mol. The zero-order valence-corrected chi connectivity index (χ0v) is 13.1. The van der Waals surface area contributed by atoms with Crippen molar-refractivity contribution in [2.24, 2.45) is 0 Å². The van der Waals surface area contributed by atoms with Gasteiger partial charge in [-0.25, -0.2) is 0 Å². The quantitative estimate of drug-likeness (QED) is 0.828. The zero-order valence-electron chi connectivity index (χ0n) is 13.1. The Morgan fingerprint density at radius 2 is 1.75 bits per heavy atom. The number of quaternary nitrogens is 1. The van der Waals surface area contributed by atoms with Crippen molar-refractivity contribution in [2.75, 3.05) is 39.5 Å². The van der Waals surface area contributed by atoms with Crippen molar-refractivity contribution in [3.05, 3.63) is 29.8 Å². The minimum atomic E-state index is 0.207. The average Bonchev–Trinajstić information content (AvgIpc) is 2.44. The normalized spacial score (nSPS) is 17.1. The number of morpholine rings is 1. The summed E-state index contributed by atoms with van der Waals surface area (Å²) < 4.78 is 11.2. The predicted molar refractivity (Wildman–Crippen MR) is 81.6 cm³/mol. The molecule has 0 saturated carbocycles. The number of rotatable bonds is 5. The Kier molecular flexibility index (Phi) is 5.44. The molecule has 3 heteroatoms. The predicted octanol–water partition coefficient (Wildman–Crippen LogP) is 1.67. The molecule has 0 amide bonds. The molecule has 2 rings (SSSR count). The molecule has 1 saturated heterocycles. The van der Waals surface area contributed by atoms with Crippen LogP contribution in [0.15, 0.2) is 24.3 Å². The summed E-state index contributed by atoms with van der Waals surface area (Å²) in [4.78, 5) is 1.64. The fraction of sp³-hybridized carbons (Fsp3) is 0.647. The molecule has 1 aliphatic rings. The van der Waals surface area contributed by atoms with Crippen LogP contribution in [0, 0.1) is 0 Å². The van der Waals surface area contributed by atoms with E-state index in [0.29, 0.717) is 0 Å². The van der Waals surface area contributed by atoms with Gasteiger partial charge in [0, 0.05) is 6.42 Å². The van der Waals surface area contributed by atoms with Crippen LogP contribution in [0.1, 0.15) is 32.8 Å². The second-order valence-electron chi connectivity index (χ2n) is 6.59. The van der Waals surface area contributed by atoms with E-state index in [2.05, 4.69) is 45.0 Å². The zero-order chi connectivity index (χ0) is 14.4. The summed E-state index contributed by atoms with van der Waals surface area (Å²) >= 11 is 0. The van der Waals surface area contributed by atoms with E-state index in [9.17, 15) is 0 Å². The summed E-state index contributed by atoms with van der Waals surface area (Å²) in [7, 11) is 0. The van der Waals surface area contributed by atoms with Gasteiger partial charge in [-0.1, -0.05) is 32.9 Å². The van der Waals surface area contributed by atoms with E-state index in [1.54, 1.807) is 4.90 Å². The highest BCUT2D eigenvalue weighted by atomic mass is 16.5. The van der Waals surface area contributed by atoms with Gasteiger partial charge in [0.25, 0.3) is 0 Å². The van der Waals surface area contributed by atoms with Gasteiger partial charge in [0.05, 0.1) is 26.4 Å². The number of nitrogens with one attached hydrogen (secondary N) is 1. The van der Waals surface area contributed by atoms with Gasteiger partial charge in [-0.3, -0.25) is 0 Å². The van der Waals surface area contributed by atoms with Crippen LogP contribution in [0.4, 0.5) is 0 Å². The third-order valence-electron chi connectivity index (χ3n) is 3.86. The molecule has 0 bridgehead atoms. The molecule has 1 fully saturated rings. The van der Waals surface area contributed by atoms with Crippen molar-refractivity contribution in [1.82, 2.24) is 0 Å². The molecule has 1 N–H and O–H groups in total. The largest absolute Gasteiger partial charge is 0.493 e. The Morgan fingerprint density at radius 3 is 2.35 bits per heavy atom. The molecule has 0 aliphatic carbocycles. The van der Waals surface area contributed by atoms with Crippen molar-refractivity contribution in [3.8, 4) is 5.75 Å². The van der Waals surface area contributed by atoms with Gasteiger partial charge in [-0.15, -0.1) is 0 Å². The Labute approximate surface area is 122 Å². The first-order chi connectivity index (χ1) is 9.55. The lowest BCUT2D eigenvalue weighted by molar-refractivity contribution is -0.908. The molecule has 0 radical (unpaired) electrons. The summed E-state index contributed by atoms with van der Waals surface area (Å²) in [5.41, 5.74) is 1.56. The molecular weight excluding hydrogens is 250 g/mol. The van der Waals surface area contributed by atoms with Crippen LogP contribution in [0.5, 0.6) is 5.75 Å². The van der Waals surface area contributed by atoms with Gasteiger partial charge in [0.15, 0.2) is 0 Å². The first-order valence-corrected chi connectivity index (χ1v) is 7.70. The molecule has 0 spiro atoms. The molecule has 1 aromatic carbocycles. The standard InChI is InChI=1S/C17H27NO2/c1-17(2,3)15-5-7-16(8-6-15)20-12-4-9-18-10-13-19-14-11-18/h5-8H,4,9-14H2,1-3H3/p+1. The van der Waals surface area contributed by atoms with Gasteiger partial charge < -0.3 is 14.4 Å². The SMILES string of the molecule is CC(C)(C)c1ccc(OCCC[NH+]2CCOCC2)cc1. The van der Waals surface area contributed by atoms with E-state index < -0.39 is 0 Å². The first-order valence-electron chi connectivity index (χ1n) is 7.70. The lowest BCUT2D eigenvalue weighted by Gasteiger charge is -2.23. The Balaban J connectivity index is 1.68. The molecule has 20 heavy (non-hydrogen) atoms. The maximum atomic E-state index is 5.82. The van der Waals surface area contributed by atoms with Crippen LogP contribution in [-0.4, -0.2) is 39.5 Å². The van der Waals surface area contributed by atoms with Crippen molar-refractivity contribution >= 4 is 0 Å². The molecule has 1 aliphatic heterocycles. The molecular formula is C17H28NO2+. The van der Waals surface area contributed by atoms with Crippen LogP contribution in [0.25, 0.3) is 0 Å². The minimum Gasteiger partial charge on any atom is -0.493 e. The highest BCUT2D eigenvalue weighted by Crippen LogP contribution is 2.24. The van der Waals surface area contributed by atoms with Gasteiger partial charge in [-0.05, 0) is 23.1 Å². The number of ether oxygens (including phenoxy) is 2. The average molecular weight is 278 g/mol. The summed E-state index contributed by atoms with van der Waals surface area (Å²) in [6, 6.07) is 8.51. The molecule has 1 aromatic rings. The molecule has 3 nitrogen and oxygen atoms in total. The second kappa shape index (κ2) is 7.09. The number of benzene rings is 1. The van der Waals surface area contributed by atoms with Crippen molar-refractivity contribution in [2.45, 2.75) is 32.6 Å². The van der Waals surface area contributed by atoms with Crippen molar-refractivity contribution in [1.29, 1.82) is 0 Å². The van der Waals surface area contributed by atoms with E-state index in [1.807, 2.05) is 0 Å². The summed E-state index contributed by atoms with van der Waals surface area (Å²) in [5, 5.41) is 0. The van der Waals surface area contributed by atoms with Crippen molar-refractivity contribution < 1.29 is 14.4 Å². The Morgan fingerprint density at radius 1 is 1.10 bits per heavy atom. The van der Waals surface area contributed by atoms with Gasteiger partial charge in [0.2, 0.25) is 0 Å². The topological polar surface area (TPSA) is 22.9 Å². The van der Waals surface area contributed by atoms with Gasteiger partial charge in [0.1, 0.15) is 18.8 Å². The Hall–Kier alpha value is -1.06. The van der Waals surface area contributed by atoms with E-state index >= 15 is 0 Å². The summed E-state index contributed by atoms with van der Waals surface area (Å²) in [6.45, 7) is 12.8. The lowest BCUT2D eigenvalue weighted by atomic mass is 9.87. The molecule has 0 unspecified atom stereocenters. The highest BCUT2D eigenvalue weighted by Gasteiger charge is 2.14. The van der Waals surface area contributed by atoms with Crippen LogP contribution < -0.4 is 9.64 Å². The smallest absolute Gasteiger partial charge is 0.119 e. The summed E-state index contributed by atoms with van der Waals surface area (Å²) in [5.74, 6) is 0.981. The Bertz CT molecular complexity index is 388. The van der Waals surface area contributed by atoms with Crippen LogP contribution in [0.3, 0.4) is 0 Å². The fourth-order valence-electron chi connectivity index (χ4n) is 2.47. The van der Waals surface area contributed by atoms with Crippen LogP contribution >= 0.6 is 0 Å². The third kappa shape index (κ3) is 4.80. The maximum Gasteiger partial charge on any atom is 0.119 e. The molecule has 0 aromatic heterocycles. The van der Waals surface area contributed by atoms with Gasteiger partial charge in [-0.2, -0.15) is 0 Å². The first kappa shape index (κ1) is 15.3. The number of hydrogen-bond acceptors (Lipinski definition) is 2. The van der Waals surface area contributed by atoms with E-state index in [0.717, 1.165) is 45.1 Å². The minimum absolute atomic E-state index is 0.207. The third-order valence-corrected chi connectivity index (χ3v) is 3.86. The fourth-order valence-corrected chi connectivity index (χ4v) is 2.47. The van der Waals surface area contributed by atoms with E-state index in [4.69, 9.17) is 9.47 Å². The van der Waals surface area contributed by atoms with Crippen LogP contribution in [0.2, 0.25) is 0 Å². The second-order valence-corrected chi connectivity index (χ2v) is 6.59. The van der Waals surface area contributed by atoms with E-state index in [1.165, 1.54) is 12.1 Å². The van der Waals surface area contributed by atoms with Crippen molar-refractivity contribution in [3.63, 3.8) is 0 Å².